The summed E-state index contributed by atoms with van der Waals surface area (Å²) >= 11 is 0. The molecule has 0 unspecified atom stereocenters. The maximum Gasteiger partial charge on any atom is 0.283 e. The molecule has 2 aliphatic rings. The first-order valence-electron chi connectivity index (χ1n) is 8.79. The lowest BCUT2D eigenvalue weighted by Crippen LogP contribution is -2.53. The van der Waals surface area contributed by atoms with E-state index in [1.807, 2.05) is 29.2 Å². The minimum Gasteiger partial charge on any atom is -0.497 e. The highest BCUT2D eigenvalue weighted by molar-refractivity contribution is 7.89. The average Bonchev–Trinajstić information content (AvgIpc) is 3.41. The van der Waals surface area contributed by atoms with Gasteiger partial charge in [-0.05, 0) is 24.3 Å². The number of nitrogens with zero attached hydrogens (tertiary/aromatic N) is 5. The predicted octanol–water partition coefficient (Wildman–Crippen LogP) is 0.601. The van der Waals surface area contributed by atoms with E-state index in [-0.39, 0.29) is 5.03 Å². The van der Waals surface area contributed by atoms with E-state index >= 15 is 0 Å². The molecule has 0 radical (unpaired) electrons. The quantitative estimate of drug-likeness (QED) is 0.822. The van der Waals surface area contributed by atoms with Crippen molar-refractivity contribution in [2.45, 2.75) is 5.03 Å². The number of aromatic amines is 1. The third-order valence-corrected chi connectivity index (χ3v) is 6.53. The summed E-state index contributed by atoms with van der Waals surface area (Å²) in [4.78, 5) is 15.3. The Kier molecular flexibility index (Phi) is 4.65. The third-order valence-electron chi connectivity index (χ3n) is 4.82. The summed E-state index contributed by atoms with van der Waals surface area (Å²) in [5, 5.41) is 0.0916. The lowest BCUT2D eigenvalue weighted by molar-refractivity contribution is 0.358. The van der Waals surface area contributed by atoms with Crippen LogP contribution in [0.1, 0.15) is 0 Å². The maximum atomic E-state index is 12.8. The molecule has 4 rings (SSSR count). The highest BCUT2D eigenvalue weighted by Gasteiger charge is 2.35. The predicted molar refractivity (Wildman–Crippen MR) is 102 cm³/mol. The van der Waals surface area contributed by atoms with Crippen LogP contribution in [-0.2, 0) is 10.0 Å². The number of anilines is 1. The topological polar surface area (TPSA) is 94.1 Å². The number of methoxy groups -OCH3 is 1. The molecule has 144 valence electrons. The average molecular weight is 390 g/mol. The van der Waals surface area contributed by atoms with Gasteiger partial charge in [0, 0.05) is 31.9 Å². The van der Waals surface area contributed by atoms with E-state index < -0.39 is 10.0 Å². The van der Waals surface area contributed by atoms with Crippen LogP contribution in [0.15, 0.2) is 46.8 Å². The molecule has 1 fully saturated rings. The number of hydrogen-bond donors (Lipinski definition) is 1. The van der Waals surface area contributed by atoms with E-state index in [4.69, 9.17) is 4.74 Å². The Labute approximate surface area is 158 Å². The molecule has 1 saturated heterocycles. The van der Waals surface area contributed by atoms with Gasteiger partial charge in [-0.1, -0.05) is 0 Å². The van der Waals surface area contributed by atoms with E-state index in [9.17, 15) is 8.42 Å². The van der Waals surface area contributed by atoms with Crippen LogP contribution in [0.4, 0.5) is 5.69 Å². The Morgan fingerprint density at radius 1 is 1.04 bits per heavy atom. The molecular weight excluding hydrogens is 368 g/mol. The van der Waals surface area contributed by atoms with Gasteiger partial charge >= 0.3 is 0 Å². The number of H-pyrrole nitrogens is 1. The van der Waals surface area contributed by atoms with Crippen LogP contribution in [0.2, 0.25) is 0 Å². The van der Waals surface area contributed by atoms with Crippen molar-refractivity contribution in [3.05, 3.63) is 36.8 Å². The number of rotatable bonds is 4. The van der Waals surface area contributed by atoms with Crippen LogP contribution in [0.25, 0.3) is 0 Å². The van der Waals surface area contributed by atoms with Crippen molar-refractivity contribution >= 4 is 21.7 Å². The maximum absolute atomic E-state index is 12.8. The van der Waals surface area contributed by atoms with Gasteiger partial charge in [-0.25, -0.2) is 9.29 Å². The molecule has 1 aromatic heterocycles. The van der Waals surface area contributed by atoms with E-state index in [2.05, 4.69) is 19.9 Å². The second-order valence-electron chi connectivity index (χ2n) is 6.35. The Morgan fingerprint density at radius 2 is 1.74 bits per heavy atom. The zero-order valence-corrected chi connectivity index (χ0v) is 15.9. The van der Waals surface area contributed by atoms with Crippen LogP contribution < -0.4 is 9.64 Å². The number of nitrogens with one attached hydrogen (secondary N) is 1. The number of aliphatic imine (C=N–C) groups is 1. The van der Waals surface area contributed by atoms with Gasteiger partial charge in [-0.15, -0.1) is 0 Å². The Balaban J connectivity index is 1.44. The molecule has 0 aliphatic carbocycles. The first-order chi connectivity index (χ1) is 13.1. The van der Waals surface area contributed by atoms with Crippen LogP contribution >= 0.6 is 0 Å². The number of guanidine groups is 1. The summed E-state index contributed by atoms with van der Waals surface area (Å²) in [7, 11) is -2.00. The SMILES string of the molecule is COc1ccc(N2CCN(C3=NCCN3S(=O)(=O)c3cnc[nH]3)CC2)cc1. The second-order valence-corrected chi connectivity index (χ2v) is 8.18. The molecule has 1 N–H and O–H groups in total. The van der Waals surface area contributed by atoms with Crippen molar-refractivity contribution < 1.29 is 13.2 Å². The minimum atomic E-state index is -3.65. The summed E-state index contributed by atoms with van der Waals surface area (Å²) in [6, 6.07) is 7.97. The minimum absolute atomic E-state index is 0.0916. The number of hydrogen-bond acceptors (Lipinski definition) is 7. The fourth-order valence-electron chi connectivity index (χ4n) is 3.37. The Bertz CT molecular complexity index is 903. The van der Waals surface area contributed by atoms with E-state index in [0.717, 1.165) is 24.5 Å². The first kappa shape index (κ1) is 17.7. The molecule has 27 heavy (non-hydrogen) atoms. The molecule has 2 aliphatic heterocycles. The van der Waals surface area contributed by atoms with Crippen molar-refractivity contribution in [1.82, 2.24) is 19.2 Å². The summed E-state index contributed by atoms with van der Waals surface area (Å²) in [6.07, 6.45) is 2.69. The molecule has 0 spiro atoms. The smallest absolute Gasteiger partial charge is 0.283 e. The van der Waals surface area contributed by atoms with Crippen LogP contribution in [-0.4, -0.2) is 79.9 Å². The fourth-order valence-corrected chi connectivity index (χ4v) is 4.71. The summed E-state index contributed by atoms with van der Waals surface area (Å²) in [6.45, 7) is 3.84. The van der Waals surface area contributed by atoms with Gasteiger partial charge in [0.05, 0.1) is 32.7 Å². The number of sulfonamides is 1. The van der Waals surface area contributed by atoms with Crippen molar-refractivity contribution in [1.29, 1.82) is 0 Å². The van der Waals surface area contributed by atoms with E-state index in [1.54, 1.807) is 7.11 Å². The highest BCUT2D eigenvalue weighted by Crippen LogP contribution is 2.23. The molecule has 0 atom stereocenters. The molecule has 2 aromatic rings. The Morgan fingerprint density at radius 3 is 2.37 bits per heavy atom. The van der Waals surface area contributed by atoms with E-state index in [1.165, 1.54) is 16.8 Å². The van der Waals surface area contributed by atoms with Gasteiger partial charge in [-0.2, -0.15) is 8.42 Å². The van der Waals surface area contributed by atoms with Gasteiger partial charge in [0.25, 0.3) is 10.0 Å². The molecule has 0 saturated carbocycles. The zero-order valence-electron chi connectivity index (χ0n) is 15.1. The molecular formula is C17H22N6O3S. The van der Waals surface area contributed by atoms with Crippen molar-refractivity contribution in [2.24, 2.45) is 4.99 Å². The van der Waals surface area contributed by atoms with Crippen LogP contribution in [0, 0.1) is 0 Å². The molecule has 0 bridgehead atoms. The lowest BCUT2D eigenvalue weighted by Gasteiger charge is -2.38. The standard InChI is InChI=1S/C17H22N6O3S/c1-26-15-4-2-14(3-5-15)21-8-10-22(11-9-21)17-19-6-7-23(17)27(24,25)16-12-18-13-20-16/h2-5,12-13H,6-11H2,1H3,(H,18,20). The monoisotopic (exact) mass is 390 g/mol. The summed E-state index contributed by atoms with van der Waals surface area (Å²) in [5.41, 5.74) is 1.13. The highest BCUT2D eigenvalue weighted by atomic mass is 32.2. The third kappa shape index (κ3) is 3.32. The van der Waals surface area contributed by atoms with Crippen LogP contribution in [0.3, 0.4) is 0 Å². The molecule has 3 heterocycles. The van der Waals surface area contributed by atoms with E-state index in [0.29, 0.717) is 32.1 Å². The number of piperazine rings is 1. The summed E-state index contributed by atoms with van der Waals surface area (Å²) < 4.78 is 32.2. The van der Waals surface area contributed by atoms with Crippen molar-refractivity contribution in [3.8, 4) is 5.75 Å². The Hall–Kier alpha value is -2.75. The molecule has 0 amide bonds. The van der Waals surface area contributed by atoms with Gasteiger partial charge < -0.3 is 19.5 Å². The normalized spacial score (nSPS) is 18.0. The fraction of sp³-hybridized carbons (Fsp3) is 0.412. The van der Waals surface area contributed by atoms with Crippen molar-refractivity contribution in [2.75, 3.05) is 51.3 Å². The molecule has 9 nitrogen and oxygen atoms in total. The number of imidazole rings is 1. The van der Waals surface area contributed by atoms with Gasteiger partial charge in [-0.3, -0.25) is 4.99 Å². The summed E-state index contributed by atoms with van der Waals surface area (Å²) in [5.74, 6) is 1.36. The molecule has 1 aromatic carbocycles. The van der Waals surface area contributed by atoms with Gasteiger partial charge in [0.2, 0.25) is 5.96 Å². The van der Waals surface area contributed by atoms with Crippen molar-refractivity contribution in [3.63, 3.8) is 0 Å². The number of ether oxygens (including phenoxy) is 1. The number of benzene rings is 1. The zero-order chi connectivity index (χ0) is 18.9. The molecule has 10 heteroatoms. The number of aromatic nitrogens is 2. The van der Waals surface area contributed by atoms with Gasteiger partial charge in [0.1, 0.15) is 5.75 Å². The van der Waals surface area contributed by atoms with Crippen LogP contribution in [0.5, 0.6) is 5.75 Å². The van der Waals surface area contributed by atoms with Gasteiger partial charge in [0.15, 0.2) is 5.03 Å². The lowest BCUT2D eigenvalue weighted by atomic mass is 10.2. The first-order valence-corrected chi connectivity index (χ1v) is 10.2. The largest absolute Gasteiger partial charge is 0.497 e. The second kappa shape index (κ2) is 7.10.